The number of anilines is 1. The Balaban J connectivity index is 2.01. The number of hydrogen-bond acceptors (Lipinski definition) is 5. The molecule has 1 fully saturated rings. The minimum Gasteiger partial charge on any atom is -0.508 e. The monoisotopic (exact) mass is 293 g/mol. The zero-order chi connectivity index (χ0) is 15.4. The summed E-state index contributed by atoms with van der Waals surface area (Å²) in [6.07, 6.45) is 0. The maximum atomic E-state index is 12.2. The molecule has 114 valence electrons. The second kappa shape index (κ2) is 6.45. The Morgan fingerprint density at radius 3 is 2.71 bits per heavy atom. The summed E-state index contributed by atoms with van der Waals surface area (Å²) in [6.45, 7) is 3.67. The fourth-order valence-corrected chi connectivity index (χ4v) is 2.13. The van der Waals surface area contributed by atoms with E-state index in [4.69, 9.17) is 10.5 Å². The Morgan fingerprint density at radius 2 is 2.05 bits per heavy atom. The number of hydrogen-bond donors (Lipinski definition) is 3. The lowest BCUT2D eigenvalue weighted by atomic mass is 10.1. The molecule has 0 saturated carbocycles. The van der Waals surface area contributed by atoms with Gasteiger partial charge in [-0.1, -0.05) is 0 Å². The average Bonchev–Trinajstić information content (AvgIpc) is 2.49. The molecule has 1 saturated heterocycles. The first-order valence-electron chi connectivity index (χ1n) is 6.75. The molecule has 1 atom stereocenters. The molecule has 21 heavy (non-hydrogen) atoms. The molecule has 7 nitrogen and oxygen atoms in total. The predicted molar refractivity (Wildman–Crippen MR) is 76.8 cm³/mol. The Labute approximate surface area is 122 Å². The van der Waals surface area contributed by atoms with Crippen molar-refractivity contribution in [2.75, 3.05) is 32.0 Å². The van der Waals surface area contributed by atoms with Crippen molar-refractivity contribution in [3.63, 3.8) is 0 Å². The molecule has 0 aromatic heterocycles. The van der Waals surface area contributed by atoms with Crippen molar-refractivity contribution in [1.82, 2.24) is 10.2 Å². The van der Waals surface area contributed by atoms with E-state index in [1.54, 1.807) is 11.8 Å². The fraction of sp³-hybridized carbons (Fsp3) is 0.429. The number of aromatic hydroxyl groups is 1. The van der Waals surface area contributed by atoms with Crippen LogP contribution in [0.2, 0.25) is 0 Å². The molecular weight excluding hydrogens is 274 g/mol. The number of amides is 2. The Hall–Kier alpha value is -2.28. The maximum Gasteiger partial charge on any atom is 0.254 e. The summed E-state index contributed by atoms with van der Waals surface area (Å²) in [5, 5.41) is 12.0. The molecule has 0 aliphatic carbocycles. The number of ether oxygens (including phenoxy) is 1. The van der Waals surface area contributed by atoms with Gasteiger partial charge in [0, 0.05) is 18.8 Å². The SMILES string of the molecule is CC(NC(=O)c1cc(O)ccc1N)C(=O)N1CCOCC1. The van der Waals surface area contributed by atoms with Gasteiger partial charge in [0.25, 0.3) is 5.91 Å². The lowest BCUT2D eigenvalue weighted by Crippen LogP contribution is -2.50. The third kappa shape index (κ3) is 3.63. The molecular formula is C14H19N3O4. The van der Waals surface area contributed by atoms with Crippen LogP contribution in [0.25, 0.3) is 0 Å². The number of nitrogens with zero attached hydrogens (tertiary/aromatic N) is 1. The van der Waals surface area contributed by atoms with Gasteiger partial charge in [-0.2, -0.15) is 0 Å². The van der Waals surface area contributed by atoms with Gasteiger partial charge in [0.2, 0.25) is 5.91 Å². The zero-order valence-corrected chi connectivity index (χ0v) is 11.8. The second-order valence-electron chi connectivity index (χ2n) is 4.90. The van der Waals surface area contributed by atoms with Crippen LogP contribution in [0.5, 0.6) is 5.75 Å². The number of carbonyl (C=O) groups is 2. The minimum absolute atomic E-state index is 0.0542. The number of phenols is 1. The number of carbonyl (C=O) groups excluding carboxylic acids is 2. The first-order valence-corrected chi connectivity index (χ1v) is 6.75. The van der Waals surface area contributed by atoms with Crippen LogP contribution in [-0.4, -0.2) is 54.2 Å². The molecule has 1 aliphatic rings. The van der Waals surface area contributed by atoms with Crippen LogP contribution < -0.4 is 11.1 Å². The van der Waals surface area contributed by atoms with E-state index in [1.165, 1.54) is 18.2 Å². The number of phenolic OH excluding ortho intramolecular Hbond substituents is 1. The zero-order valence-electron chi connectivity index (χ0n) is 11.8. The van der Waals surface area contributed by atoms with Crippen LogP contribution in [-0.2, 0) is 9.53 Å². The molecule has 1 aromatic rings. The minimum atomic E-state index is -0.669. The highest BCUT2D eigenvalue weighted by atomic mass is 16.5. The fourth-order valence-electron chi connectivity index (χ4n) is 2.13. The topological polar surface area (TPSA) is 105 Å². The van der Waals surface area contributed by atoms with Crippen LogP contribution in [0.3, 0.4) is 0 Å². The van der Waals surface area contributed by atoms with Crippen molar-refractivity contribution in [3.8, 4) is 5.75 Å². The van der Waals surface area contributed by atoms with Crippen molar-refractivity contribution in [2.24, 2.45) is 0 Å². The summed E-state index contributed by atoms with van der Waals surface area (Å²) in [6, 6.07) is 3.45. The molecule has 1 aromatic carbocycles. The van der Waals surface area contributed by atoms with Gasteiger partial charge in [-0.15, -0.1) is 0 Å². The molecule has 0 spiro atoms. The first kappa shape index (κ1) is 15.1. The smallest absolute Gasteiger partial charge is 0.254 e. The van der Waals surface area contributed by atoms with Crippen molar-refractivity contribution >= 4 is 17.5 Å². The molecule has 2 rings (SSSR count). The highest BCUT2D eigenvalue weighted by Crippen LogP contribution is 2.18. The Kier molecular flexibility index (Phi) is 4.64. The summed E-state index contributed by atoms with van der Waals surface area (Å²) in [5.41, 5.74) is 6.10. The molecule has 0 bridgehead atoms. The lowest BCUT2D eigenvalue weighted by molar-refractivity contribution is -0.136. The van der Waals surface area contributed by atoms with Crippen molar-refractivity contribution in [3.05, 3.63) is 23.8 Å². The quantitative estimate of drug-likeness (QED) is 0.535. The normalized spacial score (nSPS) is 16.3. The summed E-state index contributed by atoms with van der Waals surface area (Å²) >= 11 is 0. The van der Waals surface area contributed by atoms with E-state index in [0.717, 1.165) is 0 Å². The molecule has 7 heteroatoms. The molecule has 0 radical (unpaired) electrons. The van der Waals surface area contributed by atoms with Gasteiger partial charge in [0.05, 0.1) is 18.8 Å². The number of nitrogen functional groups attached to an aromatic ring is 1. The van der Waals surface area contributed by atoms with Crippen LogP contribution in [0.15, 0.2) is 18.2 Å². The Bertz CT molecular complexity index is 541. The van der Waals surface area contributed by atoms with E-state index in [1.807, 2.05) is 0 Å². The molecule has 1 heterocycles. The van der Waals surface area contributed by atoms with Gasteiger partial charge in [-0.05, 0) is 25.1 Å². The largest absolute Gasteiger partial charge is 0.508 e. The van der Waals surface area contributed by atoms with Crippen LogP contribution in [0.4, 0.5) is 5.69 Å². The predicted octanol–water partition coefficient (Wildman–Crippen LogP) is -0.0485. The van der Waals surface area contributed by atoms with E-state index in [9.17, 15) is 14.7 Å². The van der Waals surface area contributed by atoms with Crippen LogP contribution in [0.1, 0.15) is 17.3 Å². The van der Waals surface area contributed by atoms with E-state index >= 15 is 0 Å². The number of nitrogens with one attached hydrogen (secondary N) is 1. The highest BCUT2D eigenvalue weighted by molar-refractivity contribution is 6.01. The van der Waals surface area contributed by atoms with Crippen LogP contribution in [0, 0.1) is 0 Å². The molecule has 1 aliphatic heterocycles. The summed E-state index contributed by atoms with van der Waals surface area (Å²) < 4.78 is 5.18. The summed E-state index contributed by atoms with van der Waals surface area (Å²) in [5.74, 6) is -0.704. The van der Waals surface area contributed by atoms with Crippen molar-refractivity contribution in [2.45, 2.75) is 13.0 Å². The van der Waals surface area contributed by atoms with Gasteiger partial charge >= 0.3 is 0 Å². The van der Waals surface area contributed by atoms with Crippen LogP contribution >= 0.6 is 0 Å². The second-order valence-corrected chi connectivity index (χ2v) is 4.90. The van der Waals surface area contributed by atoms with E-state index in [0.29, 0.717) is 26.3 Å². The molecule has 2 amide bonds. The molecule has 1 unspecified atom stereocenters. The third-order valence-corrected chi connectivity index (χ3v) is 3.32. The van der Waals surface area contributed by atoms with Gasteiger partial charge in [-0.25, -0.2) is 0 Å². The van der Waals surface area contributed by atoms with E-state index < -0.39 is 11.9 Å². The standard InChI is InChI=1S/C14H19N3O4/c1-9(14(20)17-4-6-21-7-5-17)16-13(19)11-8-10(18)2-3-12(11)15/h2-3,8-9,18H,4-7,15H2,1H3,(H,16,19). The Morgan fingerprint density at radius 1 is 1.38 bits per heavy atom. The molecule has 4 N–H and O–H groups in total. The van der Waals surface area contributed by atoms with E-state index in [-0.39, 0.29) is 22.9 Å². The number of morpholine rings is 1. The summed E-state index contributed by atoms with van der Waals surface area (Å²) in [4.78, 5) is 26.0. The first-order chi connectivity index (χ1) is 9.99. The van der Waals surface area contributed by atoms with E-state index in [2.05, 4.69) is 5.32 Å². The van der Waals surface area contributed by atoms with Gasteiger partial charge < -0.3 is 25.8 Å². The number of nitrogens with two attached hydrogens (primary N) is 1. The average molecular weight is 293 g/mol. The van der Waals surface area contributed by atoms with Gasteiger partial charge in [0.15, 0.2) is 0 Å². The number of rotatable bonds is 3. The highest BCUT2D eigenvalue weighted by Gasteiger charge is 2.24. The van der Waals surface area contributed by atoms with Gasteiger partial charge in [-0.3, -0.25) is 9.59 Å². The number of benzene rings is 1. The maximum absolute atomic E-state index is 12.2. The summed E-state index contributed by atoms with van der Waals surface area (Å²) in [7, 11) is 0. The van der Waals surface area contributed by atoms with Crippen molar-refractivity contribution < 1.29 is 19.4 Å². The third-order valence-electron chi connectivity index (χ3n) is 3.32. The lowest BCUT2D eigenvalue weighted by Gasteiger charge is -2.29. The van der Waals surface area contributed by atoms with Gasteiger partial charge in [0.1, 0.15) is 11.8 Å². The van der Waals surface area contributed by atoms with Crippen molar-refractivity contribution in [1.29, 1.82) is 0 Å².